The highest BCUT2D eigenvalue weighted by atomic mass is 35.5. The van der Waals surface area contributed by atoms with Gasteiger partial charge in [-0.25, -0.2) is 14.4 Å². The van der Waals surface area contributed by atoms with Gasteiger partial charge in [-0.1, -0.05) is 109 Å². The number of benzene rings is 4. The molecule has 0 unspecified atom stereocenters. The Morgan fingerprint density at radius 1 is 0.521 bits per heavy atom. The lowest BCUT2D eigenvalue weighted by atomic mass is 10.1. The van der Waals surface area contributed by atoms with Crippen LogP contribution in [0.3, 0.4) is 0 Å². The number of carbonyl (C=O) groups excluding carboxylic acids is 3. The van der Waals surface area contributed by atoms with E-state index in [9.17, 15) is 14.4 Å². The van der Waals surface area contributed by atoms with Crippen LogP contribution in [0.5, 0.6) is 0 Å². The molecule has 4 aromatic rings. The predicted octanol–water partition coefficient (Wildman–Crippen LogP) is 7.13. The average Bonchev–Trinajstić information content (AvgIpc) is 3.08. The van der Waals surface area contributed by atoms with Crippen molar-refractivity contribution in [1.82, 2.24) is 16.0 Å². The molecule has 0 bridgehead atoms. The van der Waals surface area contributed by atoms with Gasteiger partial charge in [-0.3, -0.25) is 0 Å². The average molecular weight is 677 g/mol. The van der Waals surface area contributed by atoms with Crippen LogP contribution >= 0.6 is 12.4 Å². The molecular formula is C37H45ClN4O6. The summed E-state index contributed by atoms with van der Waals surface area (Å²) in [6.07, 6.45) is -1.33. The molecule has 256 valence electrons. The third kappa shape index (κ3) is 16.5. The van der Waals surface area contributed by atoms with Crippen molar-refractivity contribution in [1.29, 1.82) is 0 Å². The van der Waals surface area contributed by atoms with Crippen molar-refractivity contribution in [3.8, 4) is 0 Å². The molecule has 0 aliphatic rings. The predicted molar refractivity (Wildman–Crippen MR) is 188 cm³/mol. The molecule has 0 atom stereocenters. The van der Waals surface area contributed by atoms with Gasteiger partial charge >= 0.3 is 18.3 Å². The third-order valence-corrected chi connectivity index (χ3v) is 6.42. The Kier molecular flexibility index (Phi) is 17.1. The zero-order chi connectivity index (χ0) is 33.9. The molecule has 0 heterocycles. The summed E-state index contributed by atoms with van der Waals surface area (Å²) in [4.78, 5) is 35.0. The van der Waals surface area contributed by atoms with Gasteiger partial charge in [-0.15, -0.1) is 12.4 Å². The van der Waals surface area contributed by atoms with Gasteiger partial charge in [0, 0.05) is 26.2 Å². The van der Waals surface area contributed by atoms with Crippen LogP contribution < -0.4 is 21.7 Å². The molecule has 0 spiro atoms. The lowest BCUT2D eigenvalue weighted by Gasteiger charge is -2.19. The van der Waals surface area contributed by atoms with Gasteiger partial charge in [0.2, 0.25) is 0 Å². The van der Waals surface area contributed by atoms with E-state index in [0.717, 1.165) is 33.4 Å². The number of rotatable bonds is 11. The zero-order valence-electron chi connectivity index (χ0n) is 27.6. The van der Waals surface area contributed by atoms with E-state index in [1.165, 1.54) is 0 Å². The Labute approximate surface area is 288 Å². The van der Waals surface area contributed by atoms with E-state index in [2.05, 4.69) is 16.0 Å². The SMILES string of the molecule is CC(C)(C)OC(=O)NCc1ccc(CNC(=O)OCc2ccccc2)cc1.Cl.NCc1ccc(CNC(=O)OCc2ccccc2)cc1. The fourth-order valence-electron chi connectivity index (χ4n) is 3.95. The van der Waals surface area contributed by atoms with Crippen LogP contribution in [0.4, 0.5) is 14.4 Å². The topological polar surface area (TPSA) is 141 Å². The Bertz CT molecular complexity index is 1510. The monoisotopic (exact) mass is 676 g/mol. The number of hydrogen-bond donors (Lipinski definition) is 4. The number of nitrogens with one attached hydrogen (secondary N) is 3. The lowest BCUT2D eigenvalue weighted by molar-refractivity contribution is 0.0523. The molecule has 3 amide bonds. The summed E-state index contributed by atoms with van der Waals surface area (Å²) >= 11 is 0. The summed E-state index contributed by atoms with van der Waals surface area (Å²) in [5.74, 6) is 0. The fourth-order valence-corrected chi connectivity index (χ4v) is 3.95. The second-order valence-corrected chi connectivity index (χ2v) is 11.5. The van der Waals surface area contributed by atoms with E-state index < -0.39 is 23.9 Å². The summed E-state index contributed by atoms with van der Waals surface area (Å²) in [5.41, 5.74) is 10.9. The van der Waals surface area contributed by atoms with E-state index in [4.69, 9.17) is 19.9 Å². The quantitative estimate of drug-likeness (QED) is 0.124. The van der Waals surface area contributed by atoms with Crippen LogP contribution in [-0.2, 0) is 53.6 Å². The highest BCUT2D eigenvalue weighted by Crippen LogP contribution is 2.09. The molecule has 10 nitrogen and oxygen atoms in total. The van der Waals surface area contributed by atoms with Crippen LogP contribution in [0.2, 0.25) is 0 Å². The first-order chi connectivity index (χ1) is 22.6. The van der Waals surface area contributed by atoms with Crippen LogP contribution in [0.1, 0.15) is 54.2 Å². The maximum absolute atomic E-state index is 11.8. The van der Waals surface area contributed by atoms with Gasteiger partial charge in [0.05, 0.1) is 0 Å². The molecule has 0 aromatic heterocycles. The summed E-state index contributed by atoms with van der Waals surface area (Å²) < 4.78 is 15.5. The number of ether oxygens (including phenoxy) is 3. The third-order valence-electron chi connectivity index (χ3n) is 6.42. The summed E-state index contributed by atoms with van der Waals surface area (Å²) in [5, 5.41) is 8.13. The zero-order valence-corrected chi connectivity index (χ0v) is 28.4. The van der Waals surface area contributed by atoms with Crippen molar-refractivity contribution in [2.75, 3.05) is 0 Å². The van der Waals surface area contributed by atoms with E-state index in [-0.39, 0.29) is 25.6 Å². The minimum Gasteiger partial charge on any atom is -0.445 e. The number of hydrogen-bond acceptors (Lipinski definition) is 7. The van der Waals surface area contributed by atoms with Crippen molar-refractivity contribution >= 4 is 30.7 Å². The van der Waals surface area contributed by atoms with E-state index in [0.29, 0.717) is 26.2 Å². The normalized spacial score (nSPS) is 10.2. The minimum atomic E-state index is -0.519. The molecule has 11 heteroatoms. The van der Waals surface area contributed by atoms with Crippen molar-refractivity contribution in [3.05, 3.63) is 143 Å². The van der Waals surface area contributed by atoms with Crippen molar-refractivity contribution in [3.63, 3.8) is 0 Å². The number of halogens is 1. The van der Waals surface area contributed by atoms with Gasteiger partial charge in [-0.2, -0.15) is 0 Å². The molecule has 5 N–H and O–H groups in total. The summed E-state index contributed by atoms with van der Waals surface area (Å²) in [7, 11) is 0. The molecule has 0 saturated heterocycles. The second kappa shape index (κ2) is 20.9. The molecule has 0 fully saturated rings. The van der Waals surface area contributed by atoms with Gasteiger partial charge in [0.15, 0.2) is 0 Å². The van der Waals surface area contributed by atoms with Gasteiger partial charge in [-0.05, 0) is 54.2 Å². The van der Waals surface area contributed by atoms with Crippen LogP contribution in [0.25, 0.3) is 0 Å². The Morgan fingerprint density at radius 2 is 0.854 bits per heavy atom. The standard InChI is InChI=1S/C21H26N2O4.C16H18N2O2.ClH/c1-21(2,3)27-20(25)23-14-17-11-9-16(10-12-17)13-22-19(24)26-15-18-7-5-4-6-8-18;17-10-13-6-8-14(9-7-13)11-18-16(19)20-12-15-4-2-1-3-5-15;/h4-12H,13-15H2,1-3H3,(H,22,24)(H,23,25);1-9H,10-12,17H2,(H,18,19);1H. The molecular weight excluding hydrogens is 632 g/mol. The van der Waals surface area contributed by atoms with Crippen molar-refractivity contribution in [2.24, 2.45) is 5.73 Å². The minimum absolute atomic E-state index is 0. The highest BCUT2D eigenvalue weighted by Gasteiger charge is 2.15. The van der Waals surface area contributed by atoms with E-state index in [1.54, 1.807) is 0 Å². The number of alkyl carbamates (subject to hydrolysis) is 3. The maximum atomic E-state index is 11.8. The van der Waals surface area contributed by atoms with Crippen molar-refractivity contribution in [2.45, 2.75) is 65.8 Å². The maximum Gasteiger partial charge on any atom is 0.407 e. The van der Waals surface area contributed by atoms with E-state index in [1.807, 2.05) is 130 Å². The number of carbonyl (C=O) groups is 3. The molecule has 0 aliphatic carbocycles. The Hall–Kier alpha value is -5.06. The second-order valence-electron chi connectivity index (χ2n) is 11.5. The molecule has 0 saturated carbocycles. The number of amides is 3. The smallest absolute Gasteiger partial charge is 0.407 e. The van der Waals surface area contributed by atoms with E-state index >= 15 is 0 Å². The first-order valence-corrected chi connectivity index (χ1v) is 15.3. The van der Waals surface area contributed by atoms with Gasteiger partial charge < -0.3 is 35.9 Å². The molecule has 4 aromatic carbocycles. The Morgan fingerprint density at radius 3 is 1.19 bits per heavy atom. The molecule has 0 radical (unpaired) electrons. The van der Waals surface area contributed by atoms with Crippen LogP contribution in [0.15, 0.2) is 109 Å². The summed E-state index contributed by atoms with van der Waals surface area (Å²) in [6, 6.07) is 34.5. The fraction of sp³-hybridized carbons (Fsp3) is 0.270. The lowest BCUT2D eigenvalue weighted by Crippen LogP contribution is -2.32. The molecule has 4 rings (SSSR count). The van der Waals surface area contributed by atoms with Crippen molar-refractivity contribution < 1.29 is 28.6 Å². The highest BCUT2D eigenvalue weighted by molar-refractivity contribution is 5.85. The van der Waals surface area contributed by atoms with Gasteiger partial charge in [0.25, 0.3) is 0 Å². The van der Waals surface area contributed by atoms with Crippen LogP contribution in [0, 0.1) is 0 Å². The molecule has 0 aliphatic heterocycles. The van der Waals surface area contributed by atoms with Gasteiger partial charge in [0.1, 0.15) is 18.8 Å². The largest absolute Gasteiger partial charge is 0.445 e. The first kappa shape index (κ1) is 39.1. The number of nitrogens with two attached hydrogens (primary N) is 1. The summed E-state index contributed by atoms with van der Waals surface area (Å²) in [6.45, 7) is 7.68. The first-order valence-electron chi connectivity index (χ1n) is 15.3. The molecule has 48 heavy (non-hydrogen) atoms. The van der Waals surface area contributed by atoms with Crippen LogP contribution in [-0.4, -0.2) is 23.9 Å². The Balaban J connectivity index is 0.000000340.